The molecule has 0 spiro atoms. The number of halogens is 2. The molecule has 1 aliphatic rings. The number of anilines is 1. The Bertz CT molecular complexity index is 424. The summed E-state index contributed by atoms with van der Waals surface area (Å²) in [5.74, 6) is -0.0331. The van der Waals surface area contributed by atoms with Crippen LogP contribution in [0.1, 0.15) is 12.8 Å². The molecule has 1 aliphatic heterocycles. The number of nitrogens with zero attached hydrogens (tertiary/aromatic N) is 1. The second kappa shape index (κ2) is 4.73. The minimum atomic E-state index is -0.389. The van der Waals surface area contributed by atoms with E-state index in [1.165, 1.54) is 0 Å². The van der Waals surface area contributed by atoms with Crippen LogP contribution in [0.15, 0.2) is 22.7 Å². The summed E-state index contributed by atoms with van der Waals surface area (Å²) in [6, 6.07) is 5.09. The SMILES string of the molecule is NC1CCCN(c2cccc(Cl)c2Br)C1=O. The number of benzene rings is 1. The molecule has 0 saturated carbocycles. The second-order valence-electron chi connectivity index (χ2n) is 3.81. The monoisotopic (exact) mass is 302 g/mol. The smallest absolute Gasteiger partial charge is 0.243 e. The van der Waals surface area contributed by atoms with Crippen LogP contribution in [0.25, 0.3) is 0 Å². The van der Waals surface area contributed by atoms with E-state index in [0.717, 1.165) is 23.0 Å². The normalized spacial score (nSPS) is 21.3. The summed E-state index contributed by atoms with van der Waals surface area (Å²) in [6.07, 6.45) is 1.68. The molecule has 1 aromatic carbocycles. The molecule has 1 heterocycles. The van der Waals surface area contributed by atoms with Gasteiger partial charge in [0, 0.05) is 6.54 Å². The quantitative estimate of drug-likeness (QED) is 0.866. The van der Waals surface area contributed by atoms with Gasteiger partial charge in [0.25, 0.3) is 0 Å². The zero-order chi connectivity index (χ0) is 11.7. The first-order valence-corrected chi connectivity index (χ1v) is 6.29. The van der Waals surface area contributed by atoms with Crippen molar-refractivity contribution in [3.8, 4) is 0 Å². The van der Waals surface area contributed by atoms with E-state index in [1.54, 1.807) is 11.0 Å². The Morgan fingerprint density at radius 1 is 1.50 bits per heavy atom. The molecule has 5 heteroatoms. The first-order chi connectivity index (χ1) is 7.61. The summed E-state index contributed by atoms with van der Waals surface area (Å²) in [5.41, 5.74) is 6.55. The molecule has 2 N–H and O–H groups in total. The van der Waals surface area contributed by atoms with Crippen molar-refractivity contribution in [1.29, 1.82) is 0 Å². The highest BCUT2D eigenvalue weighted by atomic mass is 79.9. The van der Waals surface area contributed by atoms with Gasteiger partial charge in [0.2, 0.25) is 5.91 Å². The number of rotatable bonds is 1. The number of amides is 1. The number of nitrogens with two attached hydrogens (primary N) is 1. The maximum Gasteiger partial charge on any atom is 0.243 e. The summed E-state index contributed by atoms with van der Waals surface area (Å²) < 4.78 is 0.749. The molecular formula is C11H12BrClN2O. The molecule has 1 amide bonds. The van der Waals surface area contributed by atoms with Crippen LogP contribution < -0.4 is 10.6 Å². The van der Waals surface area contributed by atoms with Crippen LogP contribution in [-0.4, -0.2) is 18.5 Å². The van der Waals surface area contributed by atoms with Gasteiger partial charge >= 0.3 is 0 Å². The number of carbonyl (C=O) groups excluding carboxylic acids is 1. The minimum Gasteiger partial charge on any atom is -0.320 e. The highest BCUT2D eigenvalue weighted by Crippen LogP contribution is 2.34. The molecule has 3 nitrogen and oxygen atoms in total. The zero-order valence-corrected chi connectivity index (χ0v) is 11.0. The van der Waals surface area contributed by atoms with Crippen molar-refractivity contribution in [1.82, 2.24) is 0 Å². The van der Waals surface area contributed by atoms with Crippen LogP contribution >= 0.6 is 27.5 Å². The summed E-state index contributed by atoms with van der Waals surface area (Å²) in [4.78, 5) is 13.6. The standard InChI is InChI=1S/C11H12BrClN2O/c12-10-7(13)3-1-5-9(10)15-6-2-4-8(14)11(15)16/h1,3,5,8H,2,4,6,14H2. The van der Waals surface area contributed by atoms with Gasteiger partial charge in [-0.15, -0.1) is 0 Å². The molecule has 1 fully saturated rings. The molecule has 1 aromatic rings. The lowest BCUT2D eigenvalue weighted by Crippen LogP contribution is -2.48. The lowest BCUT2D eigenvalue weighted by atomic mass is 10.1. The second-order valence-corrected chi connectivity index (χ2v) is 5.01. The Balaban J connectivity index is 2.36. The fourth-order valence-corrected chi connectivity index (χ4v) is 2.49. The number of piperidine rings is 1. The van der Waals surface area contributed by atoms with E-state index in [0.29, 0.717) is 11.6 Å². The molecule has 0 radical (unpaired) electrons. The van der Waals surface area contributed by atoms with Crippen LogP contribution in [0.3, 0.4) is 0 Å². The topological polar surface area (TPSA) is 46.3 Å². The minimum absolute atomic E-state index is 0.0331. The molecular weight excluding hydrogens is 291 g/mol. The largest absolute Gasteiger partial charge is 0.320 e. The third-order valence-electron chi connectivity index (χ3n) is 2.70. The average Bonchev–Trinajstić information content (AvgIpc) is 2.27. The van der Waals surface area contributed by atoms with Crippen molar-refractivity contribution in [2.75, 3.05) is 11.4 Å². The lowest BCUT2D eigenvalue weighted by Gasteiger charge is -2.31. The Morgan fingerprint density at radius 3 is 3.00 bits per heavy atom. The fraction of sp³-hybridized carbons (Fsp3) is 0.364. The van der Waals surface area contributed by atoms with Crippen LogP contribution in [0.4, 0.5) is 5.69 Å². The first-order valence-electron chi connectivity index (χ1n) is 5.12. The van der Waals surface area contributed by atoms with Gasteiger partial charge in [-0.1, -0.05) is 17.7 Å². The van der Waals surface area contributed by atoms with Crippen molar-refractivity contribution in [2.24, 2.45) is 5.73 Å². The first kappa shape index (κ1) is 11.9. The summed E-state index contributed by atoms with van der Waals surface area (Å²) in [7, 11) is 0. The van der Waals surface area contributed by atoms with Crippen LogP contribution in [0.5, 0.6) is 0 Å². The fourth-order valence-electron chi connectivity index (χ4n) is 1.84. The van der Waals surface area contributed by atoms with Gasteiger partial charge in [0.1, 0.15) is 0 Å². The summed E-state index contributed by atoms with van der Waals surface area (Å²) in [5, 5.41) is 0.601. The molecule has 1 atom stereocenters. The Kier molecular flexibility index (Phi) is 3.52. The van der Waals surface area contributed by atoms with Crippen molar-refractivity contribution >= 4 is 39.1 Å². The van der Waals surface area contributed by atoms with Crippen molar-refractivity contribution in [3.63, 3.8) is 0 Å². The van der Waals surface area contributed by atoms with E-state index >= 15 is 0 Å². The third kappa shape index (κ3) is 2.10. The Hall–Kier alpha value is -0.580. The van der Waals surface area contributed by atoms with Crippen molar-refractivity contribution in [3.05, 3.63) is 27.7 Å². The predicted octanol–water partition coefficient (Wildman–Crippen LogP) is 2.56. The molecule has 2 rings (SSSR count). The summed E-state index contributed by atoms with van der Waals surface area (Å²) in [6.45, 7) is 0.700. The van der Waals surface area contributed by atoms with Crippen LogP contribution in [0, 0.1) is 0 Å². The highest BCUT2D eigenvalue weighted by Gasteiger charge is 2.28. The molecule has 16 heavy (non-hydrogen) atoms. The number of carbonyl (C=O) groups is 1. The van der Waals surface area contributed by atoms with Crippen LogP contribution in [-0.2, 0) is 4.79 Å². The van der Waals surface area contributed by atoms with E-state index < -0.39 is 0 Å². The van der Waals surface area contributed by atoms with E-state index in [-0.39, 0.29) is 11.9 Å². The summed E-state index contributed by atoms with van der Waals surface area (Å²) >= 11 is 9.40. The van der Waals surface area contributed by atoms with Gasteiger partial charge in [0.15, 0.2) is 0 Å². The molecule has 0 aliphatic carbocycles. The Labute approximate surface area is 108 Å². The van der Waals surface area contributed by atoms with Gasteiger partial charge in [-0.25, -0.2) is 0 Å². The number of hydrogen-bond donors (Lipinski definition) is 1. The van der Waals surface area contributed by atoms with Crippen molar-refractivity contribution in [2.45, 2.75) is 18.9 Å². The molecule has 1 unspecified atom stereocenters. The number of hydrogen-bond acceptors (Lipinski definition) is 2. The van der Waals surface area contributed by atoms with E-state index in [9.17, 15) is 4.79 Å². The maximum atomic E-state index is 11.9. The third-order valence-corrected chi connectivity index (χ3v) is 4.08. The van der Waals surface area contributed by atoms with Gasteiger partial charge < -0.3 is 10.6 Å². The van der Waals surface area contributed by atoms with E-state index in [1.807, 2.05) is 12.1 Å². The molecule has 0 bridgehead atoms. The highest BCUT2D eigenvalue weighted by molar-refractivity contribution is 9.10. The maximum absolute atomic E-state index is 11.9. The predicted molar refractivity (Wildman–Crippen MR) is 68.7 cm³/mol. The van der Waals surface area contributed by atoms with E-state index in [2.05, 4.69) is 15.9 Å². The van der Waals surface area contributed by atoms with Gasteiger partial charge in [-0.3, -0.25) is 4.79 Å². The zero-order valence-electron chi connectivity index (χ0n) is 8.62. The molecule has 1 saturated heterocycles. The van der Waals surface area contributed by atoms with Gasteiger partial charge in [-0.2, -0.15) is 0 Å². The molecule has 86 valence electrons. The van der Waals surface area contributed by atoms with Gasteiger partial charge in [-0.05, 0) is 40.9 Å². The lowest BCUT2D eigenvalue weighted by molar-refractivity contribution is -0.120. The Morgan fingerprint density at radius 2 is 2.25 bits per heavy atom. The van der Waals surface area contributed by atoms with Gasteiger partial charge in [0.05, 0.1) is 21.2 Å². The van der Waals surface area contributed by atoms with E-state index in [4.69, 9.17) is 17.3 Å². The van der Waals surface area contributed by atoms with Crippen LogP contribution in [0.2, 0.25) is 5.02 Å². The van der Waals surface area contributed by atoms with Crippen molar-refractivity contribution < 1.29 is 4.79 Å². The average molecular weight is 304 g/mol. The molecule has 0 aromatic heterocycles.